The van der Waals surface area contributed by atoms with Crippen molar-refractivity contribution < 1.29 is 0 Å². The molecule has 0 amide bonds. The molecule has 3 nitrogen and oxygen atoms in total. The smallest absolute Gasteiger partial charge is 0.0760 e. The molecule has 9 atom stereocenters. The van der Waals surface area contributed by atoms with Gasteiger partial charge in [0.05, 0.1) is 16.7 Å². The van der Waals surface area contributed by atoms with Gasteiger partial charge in [-0.2, -0.15) is 0 Å². The summed E-state index contributed by atoms with van der Waals surface area (Å²) in [6, 6.07) is 16.6. The number of aromatic nitrogens is 2. The van der Waals surface area contributed by atoms with Gasteiger partial charge in [0.2, 0.25) is 0 Å². The molecule has 3 heteroatoms. The number of hydrogen-bond donors (Lipinski definition) is 0. The monoisotopic (exact) mass is 639 g/mol. The van der Waals surface area contributed by atoms with E-state index in [1.54, 1.807) is 38.9 Å². The van der Waals surface area contributed by atoms with Crippen LogP contribution < -0.4 is 0 Å². The van der Waals surface area contributed by atoms with Gasteiger partial charge in [0.25, 0.3) is 0 Å². The molecule has 1 aliphatic heterocycles. The number of rotatable bonds is 3. The third-order valence-corrected chi connectivity index (χ3v) is 17.2. The Morgan fingerprint density at radius 1 is 0.673 bits per heavy atom. The molecule has 4 heterocycles. The van der Waals surface area contributed by atoms with E-state index in [1.165, 1.54) is 122 Å². The molecule has 9 bridgehead atoms. The summed E-state index contributed by atoms with van der Waals surface area (Å²) in [5.41, 5.74) is 17.5. The van der Waals surface area contributed by atoms with Gasteiger partial charge in [-0.25, -0.2) is 0 Å². The molecular weight excluding hydrogens is 595 g/mol. The second kappa shape index (κ2) is 8.52. The van der Waals surface area contributed by atoms with Crippen LogP contribution in [0.4, 0.5) is 0 Å². The minimum absolute atomic E-state index is 0.589. The van der Waals surface area contributed by atoms with E-state index in [0.29, 0.717) is 40.9 Å². The summed E-state index contributed by atoms with van der Waals surface area (Å²) >= 11 is 0. The zero-order chi connectivity index (χ0) is 31.5. The van der Waals surface area contributed by atoms with E-state index in [2.05, 4.69) is 53.6 Å². The molecule has 9 aliphatic carbocycles. The van der Waals surface area contributed by atoms with Crippen LogP contribution in [0.5, 0.6) is 0 Å². The van der Waals surface area contributed by atoms with E-state index in [1.807, 2.05) is 0 Å². The van der Waals surface area contributed by atoms with Crippen molar-refractivity contribution in [2.24, 2.45) is 45.9 Å². The minimum Gasteiger partial charge on any atom is -0.310 e. The Hall–Kier alpha value is -3.46. The zero-order valence-corrected chi connectivity index (χ0v) is 28.6. The predicted octanol–water partition coefficient (Wildman–Crippen LogP) is 11.4. The van der Waals surface area contributed by atoms with Crippen molar-refractivity contribution in [2.45, 2.75) is 107 Å². The summed E-state index contributed by atoms with van der Waals surface area (Å²) in [6.45, 7) is 4.34. The lowest BCUT2D eigenvalue weighted by molar-refractivity contribution is 0.00321. The van der Waals surface area contributed by atoms with Crippen LogP contribution in [0.3, 0.4) is 0 Å². The van der Waals surface area contributed by atoms with Crippen molar-refractivity contribution in [1.29, 1.82) is 0 Å². The van der Waals surface area contributed by atoms with Crippen LogP contribution in [0.25, 0.3) is 43.9 Å². The maximum atomic E-state index is 6.02. The zero-order valence-electron chi connectivity index (χ0n) is 28.6. The summed E-state index contributed by atoms with van der Waals surface area (Å²) in [5.74, 6) is 7.46. The lowest BCUT2D eigenvalue weighted by atomic mass is 9.56. The van der Waals surface area contributed by atoms with E-state index in [0.717, 1.165) is 23.7 Å². The van der Waals surface area contributed by atoms with Crippen molar-refractivity contribution in [2.75, 3.05) is 0 Å². The van der Waals surface area contributed by atoms with Crippen LogP contribution >= 0.6 is 0 Å². The molecule has 10 aliphatic rings. The van der Waals surface area contributed by atoms with Gasteiger partial charge >= 0.3 is 0 Å². The van der Waals surface area contributed by atoms with Crippen LogP contribution in [0, 0.1) is 40.9 Å². The molecule has 6 saturated carbocycles. The van der Waals surface area contributed by atoms with Crippen molar-refractivity contribution in [1.82, 2.24) is 9.38 Å². The number of fused-ring (bicyclic) bond motifs is 11. The van der Waals surface area contributed by atoms with E-state index in [-0.39, 0.29) is 0 Å². The van der Waals surface area contributed by atoms with E-state index >= 15 is 0 Å². The number of nitrogens with zero attached hydrogens (tertiary/aromatic N) is 3. The molecule has 1 spiro atoms. The van der Waals surface area contributed by atoms with Crippen LogP contribution in [0.2, 0.25) is 0 Å². The second-order valence-electron chi connectivity index (χ2n) is 19.0. The summed E-state index contributed by atoms with van der Waals surface area (Å²) in [4.78, 5) is 11.1. The first-order valence-electron chi connectivity index (χ1n) is 20.2. The van der Waals surface area contributed by atoms with E-state index in [4.69, 9.17) is 9.98 Å². The molecule has 5 aromatic rings. The van der Waals surface area contributed by atoms with E-state index in [9.17, 15) is 0 Å². The maximum Gasteiger partial charge on any atom is 0.0760 e. The highest BCUT2D eigenvalue weighted by Gasteiger charge is 2.66. The van der Waals surface area contributed by atoms with Crippen molar-refractivity contribution in [3.63, 3.8) is 0 Å². The first-order chi connectivity index (χ1) is 24.1. The van der Waals surface area contributed by atoms with Gasteiger partial charge in [-0.05, 0) is 166 Å². The summed E-state index contributed by atoms with van der Waals surface area (Å²) in [7, 11) is 0. The topological polar surface area (TPSA) is 29.7 Å². The first-order valence-corrected chi connectivity index (χ1v) is 20.2. The quantitative estimate of drug-likeness (QED) is 0.181. The largest absolute Gasteiger partial charge is 0.310 e. The Bertz CT molecular complexity index is 2360. The summed E-state index contributed by atoms with van der Waals surface area (Å²) < 4.78 is 2.88. The number of hydrogen-bond acceptors (Lipinski definition) is 2. The fraction of sp³-hybridized carbons (Fsp3) is 0.522. The number of allylic oxidation sites excluding steroid dienone is 2. The number of benzene rings is 2. The lowest BCUT2D eigenvalue weighted by Gasteiger charge is -2.48. The van der Waals surface area contributed by atoms with Crippen LogP contribution in [-0.4, -0.2) is 16.1 Å². The van der Waals surface area contributed by atoms with Crippen molar-refractivity contribution >= 4 is 39.5 Å². The second-order valence-corrected chi connectivity index (χ2v) is 19.0. The normalized spacial score (nSPS) is 40.1. The van der Waals surface area contributed by atoms with Gasteiger partial charge in [-0.15, -0.1) is 0 Å². The fourth-order valence-electron chi connectivity index (χ4n) is 15.8. The minimum atomic E-state index is 0.589. The molecule has 6 fully saturated rings. The number of pyridine rings is 1. The standard InChI is InChI=1S/C46H45N3/c1-47-40-29-12-22-9-23(13-29)11-28(10-22)36(40)38-34-17-27(24-5-3-2-4-6-24)18-35-39-37-30-15-32-19-33-16-31(21-46(32,33)20-30)41(37)48-42-25-7-8-26(14-25)43(38)49(44(34)35)45(39)42/h2-6,17-18,22-23,25-26,28-33H,1,7-16,19-21H2. The Balaban J connectivity index is 1.17. The molecule has 49 heavy (non-hydrogen) atoms. The average Bonchev–Trinajstić information content (AvgIpc) is 3.87. The van der Waals surface area contributed by atoms with Gasteiger partial charge in [-0.3, -0.25) is 9.98 Å². The highest BCUT2D eigenvalue weighted by molar-refractivity contribution is 6.21. The molecule has 0 saturated heterocycles. The average molecular weight is 640 g/mol. The summed E-state index contributed by atoms with van der Waals surface area (Å²) in [5, 5.41) is 4.70. The van der Waals surface area contributed by atoms with Gasteiger partial charge in [0.15, 0.2) is 0 Å². The molecule has 244 valence electrons. The number of aliphatic imine (C=N–C) groups is 1. The molecule has 0 radical (unpaired) electrons. The Morgan fingerprint density at radius 2 is 1.43 bits per heavy atom. The maximum absolute atomic E-state index is 6.02. The Labute approximate surface area is 288 Å². The third-order valence-electron chi connectivity index (χ3n) is 17.2. The Morgan fingerprint density at radius 3 is 2.27 bits per heavy atom. The molecule has 2 aromatic carbocycles. The lowest BCUT2D eigenvalue weighted by Crippen LogP contribution is -2.41. The van der Waals surface area contributed by atoms with Gasteiger partial charge in [-0.1, -0.05) is 30.3 Å². The Kier molecular flexibility index (Phi) is 4.58. The first kappa shape index (κ1) is 26.4. The predicted molar refractivity (Wildman–Crippen MR) is 198 cm³/mol. The van der Waals surface area contributed by atoms with Crippen molar-refractivity contribution in [3.8, 4) is 11.1 Å². The molecule has 0 N–H and O–H groups in total. The third kappa shape index (κ3) is 2.94. The van der Waals surface area contributed by atoms with Crippen LogP contribution in [0.15, 0.2) is 53.2 Å². The van der Waals surface area contributed by atoms with Gasteiger partial charge in [0, 0.05) is 62.5 Å². The SMILES string of the molecule is C=NC1=C(c2c3n4c5c(nc6c(c5c5cc(-c7ccccc7)cc2c54)C2CC4CC5CC6CC54C2)C2CCC3C2)C2CC3CC(CC1C3)C2. The molecule has 3 aromatic heterocycles. The summed E-state index contributed by atoms with van der Waals surface area (Å²) in [6.07, 6.45) is 17.9. The van der Waals surface area contributed by atoms with Crippen LogP contribution in [-0.2, 0) is 0 Å². The van der Waals surface area contributed by atoms with E-state index < -0.39 is 0 Å². The van der Waals surface area contributed by atoms with Crippen LogP contribution in [0.1, 0.15) is 135 Å². The fourth-order valence-corrected chi connectivity index (χ4v) is 15.8. The van der Waals surface area contributed by atoms with Crippen molar-refractivity contribution in [3.05, 3.63) is 76.4 Å². The van der Waals surface area contributed by atoms with Gasteiger partial charge in [0.1, 0.15) is 0 Å². The molecule has 15 rings (SSSR count). The highest BCUT2D eigenvalue weighted by atomic mass is 15.0. The molecular formula is C46H45N3. The van der Waals surface area contributed by atoms with Gasteiger partial charge < -0.3 is 4.40 Å². The molecule has 9 unspecified atom stereocenters. The highest BCUT2D eigenvalue weighted by Crippen LogP contribution is 2.76.